The van der Waals surface area contributed by atoms with E-state index in [4.69, 9.17) is 0 Å². The summed E-state index contributed by atoms with van der Waals surface area (Å²) in [5.41, 5.74) is 1.62. The highest BCUT2D eigenvalue weighted by atomic mass is 32.1. The zero-order chi connectivity index (χ0) is 11.6. The van der Waals surface area contributed by atoms with Gasteiger partial charge in [0, 0.05) is 4.88 Å². The van der Waals surface area contributed by atoms with Crippen LogP contribution >= 0.6 is 11.3 Å². The second-order valence-corrected chi connectivity index (χ2v) is 6.38. The van der Waals surface area contributed by atoms with Crippen LogP contribution in [-0.2, 0) is 0 Å². The normalized spacial score (nSPS) is 14.3. The van der Waals surface area contributed by atoms with E-state index in [0.29, 0.717) is 11.3 Å². The summed E-state index contributed by atoms with van der Waals surface area (Å²) in [6, 6.07) is 0. The largest absolute Gasteiger partial charge is 0.247 e. The lowest BCUT2D eigenvalue weighted by atomic mass is 9.75. The van der Waals surface area contributed by atoms with E-state index in [1.54, 1.807) is 0 Å². The minimum Gasteiger partial charge on any atom is -0.247 e. The number of thiazole rings is 1. The van der Waals surface area contributed by atoms with Crippen molar-refractivity contribution in [3.8, 4) is 0 Å². The Morgan fingerprint density at radius 2 is 1.93 bits per heavy atom. The van der Waals surface area contributed by atoms with Gasteiger partial charge in [-0.05, 0) is 31.6 Å². The molecule has 0 saturated carbocycles. The molecule has 15 heavy (non-hydrogen) atoms. The number of hydrogen-bond donors (Lipinski definition) is 0. The van der Waals surface area contributed by atoms with Crippen molar-refractivity contribution in [1.82, 2.24) is 4.98 Å². The second kappa shape index (κ2) is 4.65. The van der Waals surface area contributed by atoms with E-state index < -0.39 is 0 Å². The summed E-state index contributed by atoms with van der Waals surface area (Å²) in [5, 5.41) is 1.20. The van der Waals surface area contributed by atoms with Crippen molar-refractivity contribution in [2.24, 2.45) is 5.41 Å². The van der Waals surface area contributed by atoms with E-state index in [-0.39, 0.29) is 0 Å². The Hall–Kier alpha value is -0.370. The predicted octanol–water partition coefficient (Wildman–Crippen LogP) is 4.69. The molecule has 0 amide bonds. The molecule has 1 aromatic rings. The lowest BCUT2D eigenvalue weighted by Gasteiger charge is -2.31. The van der Waals surface area contributed by atoms with E-state index in [0.717, 1.165) is 0 Å². The molecule has 2 heteroatoms. The van der Waals surface area contributed by atoms with Crippen LogP contribution in [0.25, 0.3) is 0 Å². The molecule has 0 aliphatic carbocycles. The van der Waals surface area contributed by atoms with Gasteiger partial charge in [-0.2, -0.15) is 0 Å². The summed E-state index contributed by atoms with van der Waals surface area (Å²) in [5.74, 6) is 0.614. The Morgan fingerprint density at radius 1 is 1.33 bits per heavy atom. The summed E-state index contributed by atoms with van der Waals surface area (Å²) in [6.07, 6.45) is 2.54. The first-order chi connectivity index (χ1) is 6.88. The van der Waals surface area contributed by atoms with Crippen LogP contribution in [0.5, 0.6) is 0 Å². The quantitative estimate of drug-likeness (QED) is 0.724. The van der Waals surface area contributed by atoms with Gasteiger partial charge in [0.1, 0.15) is 0 Å². The molecule has 0 fully saturated rings. The smallest absolute Gasteiger partial charge is 0.0900 e. The van der Waals surface area contributed by atoms with Crippen LogP contribution in [-0.4, -0.2) is 4.98 Å². The highest BCUT2D eigenvalue weighted by Crippen LogP contribution is 2.42. The molecule has 1 rings (SSSR count). The first-order valence-electron chi connectivity index (χ1n) is 5.82. The fourth-order valence-electron chi connectivity index (χ4n) is 2.16. The van der Waals surface area contributed by atoms with Crippen LogP contribution in [0.2, 0.25) is 0 Å². The van der Waals surface area contributed by atoms with Crippen molar-refractivity contribution in [3.63, 3.8) is 0 Å². The highest BCUT2D eigenvalue weighted by molar-refractivity contribution is 7.11. The average Bonchev–Trinajstić information content (AvgIpc) is 2.43. The third-order valence-electron chi connectivity index (χ3n) is 3.40. The van der Waals surface area contributed by atoms with Crippen LogP contribution in [0.4, 0.5) is 0 Å². The second-order valence-electron chi connectivity index (χ2n) is 5.14. The molecule has 0 bridgehead atoms. The van der Waals surface area contributed by atoms with E-state index in [9.17, 15) is 0 Å². The van der Waals surface area contributed by atoms with E-state index in [2.05, 4.69) is 46.5 Å². The molecule has 1 unspecified atom stereocenters. The number of aryl methyl sites for hydroxylation is 2. The summed E-state index contributed by atoms with van der Waals surface area (Å²) >= 11 is 1.86. The van der Waals surface area contributed by atoms with Crippen LogP contribution < -0.4 is 0 Å². The molecule has 0 saturated heterocycles. The van der Waals surface area contributed by atoms with Gasteiger partial charge >= 0.3 is 0 Å². The van der Waals surface area contributed by atoms with Gasteiger partial charge in [0.25, 0.3) is 0 Å². The van der Waals surface area contributed by atoms with Crippen LogP contribution in [0.15, 0.2) is 0 Å². The molecule has 0 radical (unpaired) electrons. The molecule has 1 heterocycles. The van der Waals surface area contributed by atoms with Gasteiger partial charge in [0.15, 0.2) is 0 Å². The van der Waals surface area contributed by atoms with Gasteiger partial charge in [-0.15, -0.1) is 11.3 Å². The van der Waals surface area contributed by atoms with Crippen molar-refractivity contribution in [3.05, 3.63) is 15.6 Å². The Morgan fingerprint density at radius 3 is 2.33 bits per heavy atom. The van der Waals surface area contributed by atoms with Gasteiger partial charge in [-0.1, -0.05) is 34.1 Å². The standard InChI is InChI=1S/C13H23NS/c1-7-8-13(5,6)9(2)12-10(3)14-11(4)15-12/h9H,7-8H2,1-6H3. The van der Waals surface area contributed by atoms with Gasteiger partial charge < -0.3 is 0 Å². The molecule has 1 atom stereocenters. The van der Waals surface area contributed by atoms with Gasteiger partial charge in [0.05, 0.1) is 10.7 Å². The average molecular weight is 225 g/mol. The Balaban J connectivity index is 2.93. The zero-order valence-corrected chi connectivity index (χ0v) is 11.7. The maximum atomic E-state index is 4.52. The summed E-state index contributed by atoms with van der Waals surface area (Å²) < 4.78 is 0. The van der Waals surface area contributed by atoms with Crippen molar-refractivity contribution in [2.75, 3.05) is 0 Å². The van der Waals surface area contributed by atoms with Crippen LogP contribution in [0, 0.1) is 19.3 Å². The Kier molecular flexibility index (Phi) is 3.93. The number of aromatic nitrogens is 1. The monoisotopic (exact) mass is 225 g/mol. The lowest BCUT2D eigenvalue weighted by molar-refractivity contribution is 0.275. The van der Waals surface area contributed by atoms with Crippen LogP contribution in [0.3, 0.4) is 0 Å². The maximum Gasteiger partial charge on any atom is 0.0900 e. The van der Waals surface area contributed by atoms with Crippen molar-refractivity contribution < 1.29 is 0 Å². The lowest BCUT2D eigenvalue weighted by Crippen LogP contribution is -2.19. The van der Waals surface area contributed by atoms with Gasteiger partial charge in [0.2, 0.25) is 0 Å². The SMILES string of the molecule is CCCC(C)(C)C(C)c1sc(C)nc1C. The number of rotatable bonds is 4. The van der Waals surface area contributed by atoms with Crippen molar-refractivity contribution in [2.45, 2.75) is 60.3 Å². The third kappa shape index (κ3) is 2.81. The molecular weight excluding hydrogens is 202 g/mol. The van der Waals surface area contributed by atoms with Crippen molar-refractivity contribution >= 4 is 11.3 Å². The molecule has 0 spiro atoms. The predicted molar refractivity (Wildman–Crippen MR) is 68.7 cm³/mol. The van der Waals surface area contributed by atoms with E-state index in [1.165, 1.54) is 28.4 Å². The molecule has 1 nitrogen and oxygen atoms in total. The Labute approximate surface area is 97.9 Å². The first-order valence-corrected chi connectivity index (χ1v) is 6.64. The Bertz CT molecular complexity index is 325. The maximum absolute atomic E-state index is 4.52. The summed E-state index contributed by atoms with van der Waals surface area (Å²) in [4.78, 5) is 6.00. The topological polar surface area (TPSA) is 12.9 Å². The minimum absolute atomic E-state index is 0.387. The molecule has 86 valence electrons. The fourth-order valence-corrected chi connectivity index (χ4v) is 3.35. The molecule has 0 aliphatic rings. The molecule has 0 N–H and O–H groups in total. The van der Waals surface area contributed by atoms with E-state index in [1.807, 2.05) is 11.3 Å². The van der Waals surface area contributed by atoms with Crippen molar-refractivity contribution in [1.29, 1.82) is 0 Å². The summed E-state index contributed by atoms with van der Waals surface area (Å²) in [7, 11) is 0. The van der Waals surface area contributed by atoms with E-state index >= 15 is 0 Å². The zero-order valence-electron chi connectivity index (χ0n) is 10.8. The number of nitrogens with zero attached hydrogens (tertiary/aromatic N) is 1. The van der Waals surface area contributed by atoms with Crippen LogP contribution in [0.1, 0.15) is 62.0 Å². The highest BCUT2D eigenvalue weighted by Gasteiger charge is 2.28. The third-order valence-corrected chi connectivity index (χ3v) is 4.65. The fraction of sp³-hybridized carbons (Fsp3) is 0.769. The molecule has 1 aromatic heterocycles. The van der Waals surface area contributed by atoms with Gasteiger partial charge in [-0.25, -0.2) is 4.98 Å². The molecule has 0 aliphatic heterocycles. The number of hydrogen-bond acceptors (Lipinski definition) is 2. The summed E-state index contributed by atoms with van der Waals surface area (Å²) in [6.45, 7) is 13.6. The molecule has 0 aromatic carbocycles. The molecular formula is C13H23NS. The van der Waals surface area contributed by atoms with Gasteiger partial charge in [-0.3, -0.25) is 0 Å². The minimum atomic E-state index is 0.387. The first kappa shape index (κ1) is 12.7.